The van der Waals surface area contributed by atoms with E-state index in [-0.39, 0.29) is 30.1 Å². The van der Waals surface area contributed by atoms with Crippen LogP contribution in [0, 0.1) is 35.5 Å². The van der Waals surface area contributed by atoms with Gasteiger partial charge in [0, 0.05) is 36.3 Å². The molecule has 5 N–H and O–H groups in total. The molecule has 4 aliphatic rings. The van der Waals surface area contributed by atoms with E-state index in [1.807, 2.05) is 0 Å². The summed E-state index contributed by atoms with van der Waals surface area (Å²) >= 11 is 0. The molecule has 180 valence electrons. The number of aliphatic hydroxyl groups excluding tert-OH is 4. The van der Waals surface area contributed by atoms with Crippen molar-refractivity contribution in [2.75, 3.05) is 13.2 Å². The van der Waals surface area contributed by atoms with Crippen LogP contribution in [-0.2, 0) is 14.2 Å². The van der Waals surface area contributed by atoms with Crippen molar-refractivity contribution in [2.45, 2.75) is 96.0 Å². The standard InChI is InChI=1S/C23H41NO7/c1-12-18-10-14(4-6-16(18)20(25)24-12)13(2)29-8-3-9-30-21(26)15-5-7-17-19(11-15)23(28)31-22(17)27/h12-28H,3-11H2,1-2H3. The lowest BCUT2D eigenvalue weighted by Gasteiger charge is -2.36. The van der Waals surface area contributed by atoms with Crippen LogP contribution in [0.15, 0.2) is 0 Å². The Labute approximate surface area is 185 Å². The van der Waals surface area contributed by atoms with Crippen molar-refractivity contribution >= 4 is 0 Å². The maximum atomic E-state index is 10.4. The summed E-state index contributed by atoms with van der Waals surface area (Å²) in [6.07, 6.45) is 3.17. The smallest absolute Gasteiger partial charge is 0.160 e. The second-order valence-electron chi connectivity index (χ2n) is 10.3. The van der Waals surface area contributed by atoms with Crippen LogP contribution in [0.25, 0.3) is 0 Å². The highest BCUT2D eigenvalue weighted by Gasteiger charge is 2.47. The van der Waals surface area contributed by atoms with E-state index in [0.717, 1.165) is 38.5 Å². The minimum absolute atomic E-state index is 0.0443. The van der Waals surface area contributed by atoms with Crippen molar-refractivity contribution in [1.29, 1.82) is 0 Å². The number of hydrogen-bond donors (Lipinski definition) is 5. The van der Waals surface area contributed by atoms with Crippen molar-refractivity contribution in [3.63, 3.8) is 0 Å². The summed E-state index contributed by atoms with van der Waals surface area (Å²) in [5.41, 5.74) is 0. The van der Waals surface area contributed by atoms with Crippen molar-refractivity contribution in [3.8, 4) is 0 Å². The Kier molecular flexibility index (Phi) is 7.92. The Bertz CT molecular complexity index is 532. The molecule has 2 aliphatic heterocycles. The first-order valence-corrected chi connectivity index (χ1v) is 12.2. The first-order valence-electron chi connectivity index (χ1n) is 12.2. The van der Waals surface area contributed by atoms with Crippen LogP contribution >= 0.6 is 0 Å². The van der Waals surface area contributed by atoms with E-state index in [1.165, 1.54) is 0 Å². The summed E-state index contributed by atoms with van der Waals surface area (Å²) in [6.45, 7) is 5.34. The minimum atomic E-state index is -0.953. The third kappa shape index (κ3) is 5.27. The zero-order valence-corrected chi connectivity index (χ0v) is 18.8. The third-order valence-corrected chi connectivity index (χ3v) is 8.51. The summed E-state index contributed by atoms with van der Waals surface area (Å²) in [7, 11) is 0. The molecule has 12 unspecified atom stereocenters. The van der Waals surface area contributed by atoms with E-state index in [4.69, 9.17) is 14.2 Å². The third-order valence-electron chi connectivity index (χ3n) is 8.51. The van der Waals surface area contributed by atoms with E-state index < -0.39 is 18.9 Å². The van der Waals surface area contributed by atoms with Gasteiger partial charge in [0.15, 0.2) is 18.9 Å². The molecule has 8 nitrogen and oxygen atoms in total. The summed E-state index contributed by atoms with van der Waals surface area (Å²) in [5.74, 6) is 1.20. The number of ether oxygens (including phenoxy) is 3. The van der Waals surface area contributed by atoms with Gasteiger partial charge in [-0.2, -0.15) is 0 Å². The minimum Gasteiger partial charge on any atom is -0.378 e. The van der Waals surface area contributed by atoms with Crippen LogP contribution in [0.2, 0.25) is 0 Å². The maximum Gasteiger partial charge on any atom is 0.160 e. The molecule has 0 amide bonds. The number of rotatable bonds is 8. The predicted molar refractivity (Wildman–Crippen MR) is 112 cm³/mol. The monoisotopic (exact) mass is 443 g/mol. The molecular formula is C23H41NO7. The Morgan fingerprint density at radius 2 is 1.52 bits per heavy atom. The van der Waals surface area contributed by atoms with E-state index in [2.05, 4.69) is 19.2 Å². The van der Waals surface area contributed by atoms with Gasteiger partial charge in [0.05, 0.1) is 12.7 Å². The lowest BCUT2D eigenvalue weighted by molar-refractivity contribution is -0.174. The summed E-state index contributed by atoms with van der Waals surface area (Å²) in [5, 5.41) is 43.6. The molecule has 2 heterocycles. The van der Waals surface area contributed by atoms with Crippen LogP contribution in [0.1, 0.15) is 58.8 Å². The predicted octanol–water partition coefficient (Wildman–Crippen LogP) is 1.16. The molecule has 4 fully saturated rings. The number of fused-ring (bicyclic) bond motifs is 2. The van der Waals surface area contributed by atoms with Crippen molar-refractivity contribution in [2.24, 2.45) is 35.5 Å². The van der Waals surface area contributed by atoms with E-state index in [0.29, 0.717) is 43.4 Å². The van der Waals surface area contributed by atoms with Gasteiger partial charge in [-0.15, -0.1) is 0 Å². The van der Waals surface area contributed by atoms with Crippen LogP contribution in [0.4, 0.5) is 0 Å². The lowest BCUT2D eigenvalue weighted by Crippen LogP contribution is -2.36. The number of nitrogens with one attached hydrogen (secondary N) is 1. The molecular weight excluding hydrogens is 402 g/mol. The second-order valence-corrected chi connectivity index (χ2v) is 10.3. The second kappa shape index (κ2) is 10.3. The summed E-state index contributed by atoms with van der Waals surface area (Å²) in [4.78, 5) is 0. The first kappa shape index (κ1) is 23.8. The topological polar surface area (TPSA) is 121 Å². The Morgan fingerprint density at radius 3 is 2.32 bits per heavy atom. The van der Waals surface area contributed by atoms with Gasteiger partial charge in [-0.3, -0.25) is 5.32 Å². The largest absolute Gasteiger partial charge is 0.378 e. The molecule has 0 aromatic heterocycles. The lowest BCUT2D eigenvalue weighted by atomic mass is 9.71. The van der Waals surface area contributed by atoms with Gasteiger partial charge in [-0.1, -0.05) is 0 Å². The molecule has 0 aromatic carbocycles. The molecule has 31 heavy (non-hydrogen) atoms. The Balaban J connectivity index is 1.11. The molecule has 2 saturated heterocycles. The molecule has 2 saturated carbocycles. The van der Waals surface area contributed by atoms with Gasteiger partial charge >= 0.3 is 0 Å². The molecule has 12 atom stereocenters. The summed E-state index contributed by atoms with van der Waals surface area (Å²) in [6, 6.07) is 0.361. The van der Waals surface area contributed by atoms with Crippen LogP contribution in [0.3, 0.4) is 0 Å². The zero-order chi connectivity index (χ0) is 22.1. The highest BCUT2D eigenvalue weighted by atomic mass is 16.7. The number of hydrogen-bond acceptors (Lipinski definition) is 8. The zero-order valence-electron chi connectivity index (χ0n) is 18.8. The van der Waals surface area contributed by atoms with Gasteiger partial charge in [0.25, 0.3) is 0 Å². The average Bonchev–Trinajstić information content (AvgIpc) is 3.21. The first-order chi connectivity index (χ1) is 14.8. The van der Waals surface area contributed by atoms with E-state index in [1.54, 1.807) is 0 Å². The molecule has 0 bridgehead atoms. The van der Waals surface area contributed by atoms with Gasteiger partial charge < -0.3 is 34.6 Å². The van der Waals surface area contributed by atoms with Crippen LogP contribution < -0.4 is 5.32 Å². The fraction of sp³-hybridized carbons (Fsp3) is 1.00. The molecule has 4 rings (SSSR count). The van der Waals surface area contributed by atoms with Crippen molar-refractivity contribution in [1.82, 2.24) is 5.32 Å². The van der Waals surface area contributed by atoms with Gasteiger partial charge in [-0.05, 0) is 70.6 Å². The van der Waals surface area contributed by atoms with E-state index in [9.17, 15) is 20.4 Å². The van der Waals surface area contributed by atoms with Crippen LogP contribution in [-0.4, -0.2) is 70.9 Å². The number of aliphatic hydroxyl groups is 4. The average molecular weight is 444 g/mol. The SMILES string of the molecule is CC1NC(O)C2CCC(C(C)OCCCOC(O)C3CCC4C(O)OC(O)C4C3)CC12. The van der Waals surface area contributed by atoms with Gasteiger partial charge in [0.1, 0.15) is 6.23 Å². The quantitative estimate of drug-likeness (QED) is 0.280. The van der Waals surface area contributed by atoms with Crippen molar-refractivity contribution < 1.29 is 34.6 Å². The summed E-state index contributed by atoms with van der Waals surface area (Å²) < 4.78 is 16.8. The highest BCUT2D eigenvalue weighted by Crippen LogP contribution is 2.44. The molecule has 0 aromatic rings. The van der Waals surface area contributed by atoms with E-state index >= 15 is 0 Å². The fourth-order valence-electron chi connectivity index (χ4n) is 6.53. The fourth-order valence-corrected chi connectivity index (χ4v) is 6.53. The molecule has 0 radical (unpaired) electrons. The van der Waals surface area contributed by atoms with Crippen LogP contribution in [0.5, 0.6) is 0 Å². The van der Waals surface area contributed by atoms with Gasteiger partial charge in [-0.25, -0.2) is 0 Å². The van der Waals surface area contributed by atoms with Gasteiger partial charge in [0.2, 0.25) is 0 Å². The molecule has 2 aliphatic carbocycles. The molecule has 8 heteroatoms. The molecule has 0 spiro atoms. The maximum absolute atomic E-state index is 10.4. The Morgan fingerprint density at radius 1 is 0.871 bits per heavy atom. The normalized spacial score (nSPS) is 47.0. The highest BCUT2D eigenvalue weighted by molar-refractivity contribution is 4.95. The Hall–Kier alpha value is -0.320. The van der Waals surface area contributed by atoms with Crippen molar-refractivity contribution in [3.05, 3.63) is 0 Å².